The average molecular weight is 342 g/mol. The number of amides is 2. The first-order valence-corrected chi connectivity index (χ1v) is 7.56. The van der Waals surface area contributed by atoms with Crippen LogP contribution in [0.5, 0.6) is 0 Å². The summed E-state index contributed by atoms with van der Waals surface area (Å²) in [5.41, 5.74) is -0.741. The van der Waals surface area contributed by atoms with Gasteiger partial charge in [-0.1, -0.05) is 0 Å². The second kappa shape index (κ2) is 11.3. The van der Waals surface area contributed by atoms with Crippen LogP contribution in [-0.2, 0) is 9.53 Å². The Kier molecular flexibility index (Phi) is 10.2. The molecule has 0 aromatic rings. The lowest BCUT2D eigenvalue weighted by Crippen LogP contribution is -2.37. The smallest absolute Gasteiger partial charge is 0.407 e. The summed E-state index contributed by atoms with van der Waals surface area (Å²) in [6.07, 6.45) is 0.683. The van der Waals surface area contributed by atoms with Gasteiger partial charge in [-0.3, -0.25) is 4.79 Å². The van der Waals surface area contributed by atoms with Gasteiger partial charge in [0.2, 0.25) is 0 Å². The van der Waals surface area contributed by atoms with Crippen LogP contribution in [-0.4, -0.2) is 72.1 Å². The molecule has 0 fully saturated rings. The number of carbonyl (C=O) groups is 2. The molecule has 24 heavy (non-hydrogen) atoms. The van der Waals surface area contributed by atoms with E-state index in [0.717, 1.165) is 0 Å². The van der Waals surface area contributed by atoms with Crippen molar-refractivity contribution < 1.29 is 24.5 Å². The summed E-state index contributed by atoms with van der Waals surface area (Å²) in [4.78, 5) is 24.7. The molecule has 0 saturated heterocycles. The Morgan fingerprint density at radius 3 is 2.25 bits per heavy atom. The summed E-state index contributed by atoms with van der Waals surface area (Å²) in [7, 11) is 0. The van der Waals surface area contributed by atoms with Gasteiger partial charge >= 0.3 is 6.09 Å². The van der Waals surface area contributed by atoms with Crippen molar-refractivity contribution in [2.75, 3.05) is 39.4 Å². The fraction of sp³-hybridized carbons (Fsp3) is 0.667. The number of nitrogens with zero attached hydrogens (tertiary/aromatic N) is 2. The molecule has 0 aliphatic rings. The van der Waals surface area contributed by atoms with E-state index in [1.54, 1.807) is 26.8 Å². The Morgan fingerprint density at radius 2 is 1.79 bits per heavy atom. The number of carbonyl (C=O) groups excluding carboxylic acids is 2. The minimum Gasteiger partial charge on any atom is -0.444 e. The molecule has 0 saturated carbocycles. The molecule has 0 spiro atoms. The van der Waals surface area contributed by atoms with Crippen molar-refractivity contribution in [1.82, 2.24) is 15.5 Å². The Balaban J connectivity index is 4.37. The highest BCUT2D eigenvalue weighted by molar-refractivity contribution is 5.97. The number of hydrogen-bond acceptors (Lipinski definition) is 7. The minimum atomic E-state index is -0.590. The van der Waals surface area contributed by atoms with Crippen LogP contribution in [0, 0.1) is 11.3 Å². The SMILES string of the molecule is CC(C)(C)OC(=O)NCCN/C=C(/C#N)C(=O)N(CCO)CCO. The van der Waals surface area contributed by atoms with Gasteiger partial charge in [-0.25, -0.2) is 4.79 Å². The van der Waals surface area contributed by atoms with Crippen LogP contribution in [0.1, 0.15) is 20.8 Å². The molecule has 0 unspecified atom stereocenters. The molecule has 4 N–H and O–H groups in total. The lowest BCUT2D eigenvalue weighted by atomic mass is 10.2. The Bertz CT molecular complexity index is 473. The Labute approximate surface area is 141 Å². The molecule has 0 heterocycles. The van der Waals surface area contributed by atoms with Crippen LogP contribution < -0.4 is 10.6 Å². The van der Waals surface area contributed by atoms with Crippen LogP contribution >= 0.6 is 0 Å². The van der Waals surface area contributed by atoms with Crippen LogP contribution in [0.4, 0.5) is 4.79 Å². The highest BCUT2D eigenvalue weighted by Crippen LogP contribution is 2.06. The molecule has 2 amide bonds. The van der Waals surface area contributed by atoms with E-state index in [2.05, 4.69) is 10.6 Å². The summed E-state index contributed by atoms with van der Waals surface area (Å²) >= 11 is 0. The standard InChI is InChI=1S/C15H26N4O5/c1-15(2,3)24-14(23)18-5-4-17-11-12(10-16)13(22)19(6-8-20)7-9-21/h11,17,20-21H,4-9H2,1-3H3,(H,18,23)/b12-11-. The molecule has 9 nitrogen and oxygen atoms in total. The van der Waals surface area contributed by atoms with Gasteiger partial charge in [-0.05, 0) is 20.8 Å². The number of hydrogen-bond donors (Lipinski definition) is 4. The minimum absolute atomic E-state index is 0.0264. The molecular formula is C15H26N4O5. The third kappa shape index (κ3) is 9.66. The Hall–Kier alpha value is -2.31. The van der Waals surface area contributed by atoms with Gasteiger partial charge in [0.05, 0.1) is 13.2 Å². The monoisotopic (exact) mass is 342 g/mol. The van der Waals surface area contributed by atoms with E-state index < -0.39 is 17.6 Å². The van der Waals surface area contributed by atoms with Gasteiger partial charge < -0.3 is 30.5 Å². The summed E-state index contributed by atoms with van der Waals surface area (Å²) in [6, 6.07) is 1.76. The van der Waals surface area contributed by atoms with Crippen molar-refractivity contribution in [3.8, 4) is 6.07 Å². The van der Waals surface area contributed by atoms with Crippen molar-refractivity contribution in [3.05, 3.63) is 11.8 Å². The zero-order valence-corrected chi connectivity index (χ0v) is 14.3. The highest BCUT2D eigenvalue weighted by atomic mass is 16.6. The van der Waals surface area contributed by atoms with E-state index in [1.807, 2.05) is 0 Å². The van der Waals surface area contributed by atoms with Crippen molar-refractivity contribution in [1.29, 1.82) is 5.26 Å². The van der Waals surface area contributed by atoms with E-state index in [1.165, 1.54) is 11.1 Å². The predicted octanol–water partition coefficient (Wildman–Crippen LogP) is -0.679. The van der Waals surface area contributed by atoms with E-state index >= 15 is 0 Å². The molecule has 0 aliphatic carbocycles. The fourth-order valence-corrected chi connectivity index (χ4v) is 1.59. The average Bonchev–Trinajstić information content (AvgIpc) is 2.48. The molecule has 0 aromatic carbocycles. The second-order valence-corrected chi connectivity index (χ2v) is 5.79. The van der Waals surface area contributed by atoms with E-state index in [0.29, 0.717) is 0 Å². The van der Waals surface area contributed by atoms with Crippen LogP contribution in [0.2, 0.25) is 0 Å². The van der Waals surface area contributed by atoms with Gasteiger partial charge in [0.15, 0.2) is 0 Å². The lowest BCUT2D eigenvalue weighted by molar-refractivity contribution is -0.127. The first-order chi connectivity index (χ1) is 11.2. The molecule has 136 valence electrons. The van der Waals surface area contributed by atoms with Crippen molar-refractivity contribution in [2.45, 2.75) is 26.4 Å². The van der Waals surface area contributed by atoms with Crippen molar-refractivity contribution >= 4 is 12.0 Å². The van der Waals surface area contributed by atoms with Gasteiger partial charge in [0.1, 0.15) is 17.2 Å². The van der Waals surface area contributed by atoms with E-state index in [4.69, 9.17) is 20.2 Å². The van der Waals surface area contributed by atoms with Crippen LogP contribution in [0.25, 0.3) is 0 Å². The first-order valence-electron chi connectivity index (χ1n) is 7.56. The fourth-order valence-electron chi connectivity index (χ4n) is 1.59. The number of nitrogens with one attached hydrogen (secondary N) is 2. The number of alkyl carbamates (subject to hydrolysis) is 1. The zero-order valence-electron chi connectivity index (χ0n) is 14.3. The first kappa shape index (κ1) is 21.7. The molecule has 0 rings (SSSR count). The molecule has 0 aromatic heterocycles. The molecule has 0 radical (unpaired) electrons. The van der Waals surface area contributed by atoms with E-state index in [9.17, 15) is 9.59 Å². The number of aliphatic hydroxyl groups excluding tert-OH is 2. The van der Waals surface area contributed by atoms with Crippen LogP contribution in [0.15, 0.2) is 11.8 Å². The normalized spacial score (nSPS) is 11.4. The maximum atomic E-state index is 12.1. The number of rotatable bonds is 9. The van der Waals surface area contributed by atoms with Gasteiger partial charge in [0.25, 0.3) is 5.91 Å². The maximum absolute atomic E-state index is 12.1. The van der Waals surface area contributed by atoms with Gasteiger partial charge in [-0.2, -0.15) is 5.26 Å². The third-order valence-corrected chi connectivity index (χ3v) is 2.56. The molecule has 0 atom stereocenters. The topological polar surface area (TPSA) is 135 Å². The Morgan fingerprint density at radius 1 is 1.21 bits per heavy atom. The van der Waals surface area contributed by atoms with Crippen molar-refractivity contribution in [2.24, 2.45) is 0 Å². The molecule has 0 aliphatic heterocycles. The second-order valence-electron chi connectivity index (χ2n) is 5.79. The summed E-state index contributed by atoms with van der Waals surface area (Å²) < 4.78 is 5.06. The van der Waals surface area contributed by atoms with E-state index in [-0.39, 0.29) is 45.0 Å². The van der Waals surface area contributed by atoms with Crippen molar-refractivity contribution in [3.63, 3.8) is 0 Å². The maximum Gasteiger partial charge on any atom is 0.407 e. The lowest BCUT2D eigenvalue weighted by Gasteiger charge is -2.20. The van der Waals surface area contributed by atoms with Crippen LogP contribution in [0.3, 0.4) is 0 Å². The largest absolute Gasteiger partial charge is 0.444 e. The summed E-state index contributed by atoms with van der Waals surface area (Å²) in [6.45, 7) is 5.31. The predicted molar refractivity (Wildman–Crippen MR) is 86.7 cm³/mol. The number of ether oxygens (including phenoxy) is 1. The van der Waals surface area contributed by atoms with Gasteiger partial charge in [0, 0.05) is 32.4 Å². The number of nitriles is 1. The molecular weight excluding hydrogens is 316 g/mol. The zero-order chi connectivity index (χ0) is 18.6. The molecule has 9 heteroatoms. The summed E-state index contributed by atoms with van der Waals surface area (Å²) in [5.74, 6) is -0.590. The van der Waals surface area contributed by atoms with Gasteiger partial charge in [-0.15, -0.1) is 0 Å². The molecule has 0 bridgehead atoms. The highest BCUT2D eigenvalue weighted by Gasteiger charge is 2.17. The quantitative estimate of drug-likeness (QED) is 0.248. The third-order valence-electron chi connectivity index (χ3n) is 2.56. The number of aliphatic hydroxyl groups is 2. The summed E-state index contributed by atoms with van der Waals surface area (Å²) in [5, 5.41) is 32.1.